The summed E-state index contributed by atoms with van der Waals surface area (Å²) in [7, 11) is 2.45. The number of hydrogen-bond acceptors (Lipinski definition) is 1. The molecule has 1 rings (SSSR count). The molecule has 1 aromatic carbocycles. The Balaban J connectivity index is 3.07. The van der Waals surface area contributed by atoms with Gasteiger partial charge in [-0.2, -0.15) is 0 Å². The molecule has 0 aliphatic heterocycles. The fraction of sp³-hybridized carbons (Fsp3) is 0.143. The van der Waals surface area contributed by atoms with E-state index in [9.17, 15) is 4.39 Å². The highest BCUT2D eigenvalue weighted by atomic mass is 31.0. The summed E-state index contributed by atoms with van der Waals surface area (Å²) in [5, 5.41) is 0.836. The van der Waals surface area contributed by atoms with Crippen LogP contribution >= 0.6 is 9.24 Å². The van der Waals surface area contributed by atoms with Crippen molar-refractivity contribution in [2.24, 2.45) is 5.73 Å². The smallest absolute Gasteiger partial charge is 0.123 e. The number of hydrogen-bond donors (Lipinski definition) is 1. The van der Waals surface area contributed by atoms with Crippen molar-refractivity contribution < 1.29 is 4.39 Å². The fourth-order valence-electron chi connectivity index (χ4n) is 0.752. The summed E-state index contributed by atoms with van der Waals surface area (Å²) < 4.78 is 12.4. The summed E-state index contributed by atoms with van der Waals surface area (Å²) in [6.45, 7) is 0.457. The molecule has 2 N–H and O–H groups in total. The average Bonchev–Trinajstić information content (AvgIpc) is 1.88. The molecule has 0 fully saturated rings. The number of rotatable bonds is 1. The Hall–Kier alpha value is -0.460. The van der Waals surface area contributed by atoms with E-state index in [1.807, 2.05) is 0 Å². The summed E-state index contributed by atoms with van der Waals surface area (Å²) in [6, 6.07) is 4.56. The van der Waals surface area contributed by atoms with Crippen molar-refractivity contribution in [1.82, 2.24) is 0 Å². The topological polar surface area (TPSA) is 26.0 Å². The molecule has 0 saturated carbocycles. The van der Waals surface area contributed by atoms with E-state index < -0.39 is 0 Å². The van der Waals surface area contributed by atoms with Crippen LogP contribution in [0, 0.1) is 5.82 Å². The summed E-state index contributed by atoms with van der Waals surface area (Å²) in [6.07, 6.45) is 0. The van der Waals surface area contributed by atoms with E-state index >= 15 is 0 Å². The lowest BCUT2D eigenvalue weighted by molar-refractivity contribution is 0.628. The highest BCUT2D eigenvalue weighted by molar-refractivity contribution is 7.27. The van der Waals surface area contributed by atoms with Crippen molar-refractivity contribution in [3.8, 4) is 0 Å². The third-order valence-electron chi connectivity index (χ3n) is 1.33. The highest BCUT2D eigenvalue weighted by Gasteiger charge is 1.95. The van der Waals surface area contributed by atoms with Gasteiger partial charge in [-0.3, -0.25) is 0 Å². The first-order chi connectivity index (χ1) is 4.74. The zero-order valence-electron chi connectivity index (χ0n) is 5.47. The predicted octanol–water partition coefficient (Wildman–Crippen LogP) is 0.785. The molecular weight excluding hydrogens is 148 g/mol. The van der Waals surface area contributed by atoms with Gasteiger partial charge in [0.1, 0.15) is 5.82 Å². The van der Waals surface area contributed by atoms with E-state index in [2.05, 4.69) is 9.24 Å². The van der Waals surface area contributed by atoms with Gasteiger partial charge in [0.2, 0.25) is 0 Å². The number of nitrogens with two attached hydrogens (primary N) is 1. The molecule has 1 nitrogen and oxygen atoms in total. The van der Waals surface area contributed by atoms with Gasteiger partial charge in [0.15, 0.2) is 0 Å². The molecule has 0 saturated heterocycles. The first-order valence-electron chi connectivity index (χ1n) is 2.98. The second-order valence-electron chi connectivity index (χ2n) is 2.05. The van der Waals surface area contributed by atoms with Crippen LogP contribution in [-0.2, 0) is 6.54 Å². The molecule has 3 heteroatoms. The molecule has 1 aromatic rings. The molecule has 0 bridgehead atoms. The Morgan fingerprint density at radius 3 is 2.70 bits per heavy atom. The Kier molecular flexibility index (Phi) is 2.36. The van der Waals surface area contributed by atoms with Gasteiger partial charge < -0.3 is 5.73 Å². The van der Waals surface area contributed by atoms with Crippen LogP contribution in [0.25, 0.3) is 0 Å². The van der Waals surface area contributed by atoms with Crippen LogP contribution in [-0.4, -0.2) is 0 Å². The van der Waals surface area contributed by atoms with E-state index in [4.69, 9.17) is 5.73 Å². The molecule has 54 valence electrons. The normalized spacial score (nSPS) is 9.90. The van der Waals surface area contributed by atoms with Crippen LogP contribution in [0.15, 0.2) is 18.2 Å². The zero-order chi connectivity index (χ0) is 7.56. The van der Waals surface area contributed by atoms with Crippen molar-refractivity contribution in [2.45, 2.75) is 6.54 Å². The lowest BCUT2D eigenvalue weighted by Gasteiger charge is -2.00. The monoisotopic (exact) mass is 157 g/mol. The predicted molar refractivity (Wildman–Crippen MR) is 43.6 cm³/mol. The van der Waals surface area contributed by atoms with Crippen LogP contribution in [0.3, 0.4) is 0 Å². The van der Waals surface area contributed by atoms with E-state index in [0.29, 0.717) is 6.54 Å². The second-order valence-corrected chi connectivity index (χ2v) is 2.67. The van der Waals surface area contributed by atoms with Crippen molar-refractivity contribution >= 4 is 14.5 Å². The number of halogens is 1. The van der Waals surface area contributed by atoms with Gasteiger partial charge in [0.25, 0.3) is 0 Å². The Morgan fingerprint density at radius 1 is 1.50 bits per heavy atom. The number of benzene rings is 1. The molecule has 10 heavy (non-hydrogen) atoms. The van der Waals surface area contributed by atoms with Crippen molar-refractivity contribution in [3.63, 3.8) is 0 Å². The Morgan fingerprint density at radius 2 is 2.20 bits per heavy atom. The maximum Gasteiger partial charge on any atom is 0.123 e. The molecule has 0 aliphatic carbocycles. The van der Waals surface area contributed by atoms with Gasteiger partial charge in [0, 0.05) is 6.54 Å². The molecule has 1 unspecified atom stereocenters. The standard InChI is InChI=1S/C7H9FNP/c8-6-2-1-5(4-9)7(10)3-6/h1-3H,4,9-10H2. The summed E-state index contributed by atoms with van der Waals surface area (Å²) in [5.74, 6) is -0.220. The summed E-state index contributed by atoms with van der Waals surface area (Å²) in [4.78, 5) is 0. The molecule has 0 radical (unpaired) electrons. The molecule has 1 atom stereocenters. The van der Waals surface area contributed by atoms with Crippen molar-refractivity contribution in [2.75, 3.05) is 0 Å². The first kappa shape index (κ1) is 7.64. The Bertz CT molecular complexity index is 237. The largest absolute Gasteiger partial charge is 0.326 e. The van der Waals surface area contributed by atoms with E-state index in [1.54, 1.807) is 6.07 Å². The zero-order valence-corrected chi connectivity index (χ0v) is 6.63. The van der Waals surface area contributed by atoms with Crippen LogP contribution in [0.4, 0.5) is 4.39 Å². The maximum absolute atomic E-state index is 12.4. The highest BCUT2D eigenvalue weighted by Crippen LogP contribution is 2.02. The maximum atomic E-state index is 12.4. The van der Waals surface area contributed by atoms with E-state index in [1.165, 1.54) is 12.1 Å². The van der Waals surface area contributed by atoms with Gasteiger partial charge in [-0.15, -0.1) is 9.24 Å². The van der Waals surface area contributed by atoms with Crippen molar-refractivity contribution in [1.29, 1.82) is 0 Å². The van der Waals surface area contributed by atoms with Gasteiger partial charge in [-0.05, 0) is 23.0 Å². The average molecular weight is 157 g/mol. The SMILES string of the molecule is NCc1ccc(F)cc1P. The fourth-order valence-corrected chi connectivity index (χ4v) is 1.12. The lowest BCUT2D eigenvalue weighted by atomic mass is 10.2. The second kappa shape index (κ2) is 3.09. The minimum Gasteiger partial charge on any atom is -0.326 e. The molecule has 0 spiro atoms. The first-order valence-corrected chi connectivity index (χ1v) is 3.55. The van der Waals surface area contributed by atoms with Crippen LogP contribution < -0.4 is 11.0 Å². The molecular formula is C7H9FNP. The summed E-state index contributed by atoms with van der Waals surface area (Å²) >= 11 is 0. The molecule has 0 amide bonds. The minimum absolute atomic E-state index is 0.220. The minimum atomic E-state index is -0.220. The van der Waals surface area contributed by atoms with Crippen LogP contribution in [0.2, 0.25) is 0 Å². The third kappa shape index (κ3) is 1.53. The van der Waals surface area contributed by atoms with E-state index in [-0.39, 0.29) is 5.82 Å². The van der Waals surface area contributed by atoms with Gasteiger partial charge >= 0.3 is 0 Å². The van der Waals surface area contributed by atoms with Crippen molar-refractivity contribution in [3.05, 3.63) is 29.6 Å². The third-order valence-corrected chi connectivity index (χ3v) is 1.87. The van der Waals surface area contributed by atoms with E-state index in [0.717, 1.165) is 10.9 Å². The van der Waals surface area contributed by atoms with Crippen LogP contribution in [0.5, 0.6) is 0 Å². The molecule has 0 aromatic heterocycles. The van der Waals surface area contributed by atoms with Gasteiger partial charge in [0.05, 0.1) is 0 Å². The van der Waals surface area contributed by atoms with Gasteiger partial charge in [-0.1, -0.05) is 6.07 Å². The Labute approximate surface area is 61.6 Å². The molecule has 0 aliphatic rings. The summed E-state index contributed by atoms with van der Waals surface area (Å²) in [5.41, 5.74) is 6.33. The lowest BCUT2D eigenvalue weighted by Crippen LogP contribution is -2.07. The van der Waals surface area contributed by atoms with Gasteiger partial charge in [-0.25, -0.2) is 4.39 Å². The van der Waals surface area contributed by atoms with Crippen LogP contribution in [0.1, 0.15) is 5.56 Å². The quantitative estimate of drug-likeness (QED) is 0.599. The molecule has 0 heterocycles.